The van der Waals surface area contributed by atoms with Crippen LogP contribution in [0.3, 0.4) is 0 Å². The average Bonchev–Trinajstić information content (AvgIpc) is 1.83. The van der Waals surface area contributed by atoms with Crippen molar-refractivity contribution in [3.63, 3.8) is 0 Å². The number of pyridine rings is 1. The highest BCUT2D eigenvalue weighted by atomic mass is 19.4. The fourth-order valence-electron chi connectivity index (χ4n) is 10.3. The number of benzene rings is 6. The van der Waals surface area contributed by atoms with Crippen molar-refractivity contribution in [2.45, 2.75) is 223 Å². The van der Waals surface area contributed by atoms with Crippen LogP contribution in [0, 0.1) is 5.92 Å². The van der Waals surface area contributed by atoms with Crippen LogP contribution in [0.25, 0.3) is 0 Å². The first kappa shape index (κ1) is 103. The molecule has 18 nitrogen and oxygen atoms in total. The molecule has 654 valence electrons. The fourth-order valence-corrected chi connectivity index (χ4v) is 10.3. The van der Waals surface area contributed by atoms with E-state index in [-0.39, 0.29) is 37.6 Å². The summed E-state index contributed by atoms with van der Waals surface area (Å²) in [7, 11) is 9.86. The van der Waals surface area contributed by atoms with Crippen LogP contribution in [-0.2, 0) is 17.1 Å². The van der Waals surface area contributed by atoms with Gasteiger partial charge in [0.1, 0.15) is 18.1 Å². The summed E-state index contributed by atoms with van der Waals surface area (Å²) < 4.78 is 126. The molecule has 1 saturated carbocycles. The number of amides is 1. The molecule has 0 bridgehead atoms. The number of anilines is 1. The average molecular weight is 1660 g/mol. The van der Waals surface area contributed by atoms with Crippen LogP contribution in [0.1, 0.15) is 266 Å². The van der Waals surface area contributed by atoms with Crippen LogP contribution >= 0.6 is 0 Å². The van der Waals surface area contributed by atoms with E-state index in [9.17, 15) is 31.1 Å². The minimum absolute atomic E-state index is 0.00901. The summed E-state index contributed by atoms with van der Waals surface area (Å²) in [4.78, 5) is 29.0. The Morgan fingerprint density at radius 2 is 0.815 bits per heavy atom. The summed E-state index contributed by atoms with van der Waals surface area (Å²) in [6.07, 6.45) is -1.99. The predicted octanol–water partition coefficient (Wildman–Crippen LogP) is 24.6. The van der Waals surface area contributed by atoms with Crippen molar-refractivity contribution in [3.05, 3.63) is 226 Å². The summed E-state index contributed by atoms with van der Waals surface area (Å²) in [5.74, 6) is 10.1. The van der Waals surface area contributed by atoms with Gasteiger partial charge in [-0.15, -0.1) is 0 Å². The number of ether oxygens (including phenoxy) is 10. The lowest BCUT2D eigenvalue weighted by atomic mass is 10.0. The number of methoxy groups -OCH3 is 6. The van der Waals surface area contributed by atoms with Gasteiger partial charge in [0, 0.05) is 24.3 Å². The van der Waals surface area contributed by atoms with Crippen molar-refractivity contribution < 1.29 is 83.6 Å². The molecule has 3 aromatic heterocycles. The van der Waals surface area contributed by atoms with Crippen molar-refractivity contribution in [1.29, 1.82) is 0 Å². The van der Waals surface area contributed by atoms with Gasteiger partial charge in [0.05, 0.1) is 73.4 Å². The SMILES string of the molecule is CC(C)c1ccc2c(c1)NC(=O)CO2.CC(C)c1ccccc1.CC(C)c1ccnc(C(F)(F)F)c1.CC(C)c1ccnc(C(F)(F)F)n1.COc1cc(C(C)C)ccc1OC1CC1.COc1cc(C(C)C)ccc1OCC(C)C.COc1cc(C(C)C)ccc1OCCO.COc1ccc(C(C)C)cc1OC.COc1nccc(C(C)C)n1. The fraction of sp³-hybridized carbons (Fsp3) is 0.474. The largest absolute Gasteiger partial charge is 0.493 e. The van der Waals surface area contributed by atoms with Gasteiger partial charge >= 0.3 is 18.4 Å². The first-order chi connectivity index (χ1) is 56.1. The summed E-state index contributed by atoms with van der Waals surface area (Å²) in [5, 5.41) is 11.5. The number of carbonyl (C=O) groups excluding carboxylic acids is 1. The van der Waals surface area contributed by atoms with Crippen molar-refractivity contribution in [2.24, 2.45) is 5.92 Å². The molecule has 1 aliphatic heterocycles. The Balaban J connectivity index is 0.000000347. The van der Waals surface area contributed by atoms with E-state index in [0.717, 1.165) is 76.2 Å². The second kappa shape index (κ2) is 52.5. The lowest BCUT2D eigenvalue weighted by Gasteiger charge is -2.19. The predicted molar refractivity (Wildman–Crippen MR) is 464 cm³/mol. The van der Waals surface area contributed by atoms with Crippen molar-refractivity contribution >= 4 is 11.6 Å². The Bertz CT molecular complexity index is 4320. The van der Waals surface area contributed by atoms with Gasteiger partial charge in [-0.25, -0.2) is 19.9 Å². The minimum Gasteiger partial charge on any atom is -0.493 e. The van der Waals surface area contributed by atoms with E-state index in [2.05, 4.69) is 196 Å². The van der Waals surface area contributed by atoms with E-state index in [4.69, 9.17) is 52.5 Å². The van der Waals surface area contributed by atoms with E-state index in [1.165, 1.54) is 58.5 Å². The van der Waals surface area contributed by atoms with Gasteiger partial charge in [-0.1, -0.05) is 199 Å². The molecule has 11 rings (SSSR count). The molecule has 1 aliphatic carbocycles. The molecule has 2 N–H and O–H groups in total. The normalized spacial score (nSPS) is 11.9. The maximum atomic E-state index is 12.2. The second-order valence-electron chi connectivity index (χ2n) is 31.1. The zero-order chi connectivity index (χ0) is 89.3. The quantitative estimate of drug-likeness (QED) is 0.0571. The third-order valence-corrected chi connectivity index (χ3v) is 17.8. The summed E-state index contributed by atoms with van der Waals surface area (Å²) in [6.45, 7) is 42.7. The summed E-state index contributed by atoms with van der Waals surface area (Å²) >= 11 is 0. The first-order valence-electron chi connectivity index (χ1n) is 40.4. The van der Waals surface area contributed by atoms with E-state index < -0.39 is 23.9 Å². The van der Waals surface area contributed by atoms with Crippen LogP contribution in [0.5, 0.6) is 57.8 Å². The molecular formula is C95H130F6N6O12. The van der Waals surface area contributed by atoms with Gasteiger partial charge in [0.15, 0.2) is 52.6 Å². The first-order valence-corrected chi connectivity index (χ1v) is 40.4. The molecule has 0 radical (unpaired) electrons. The van der Waals surface area contributed by atoms with Gasteiger partial charge in [-0.2, -0.15) is 26.3 Å². The number of fused-ring (bicyclic) bond motifs is 1. The van der Waals surface area contributed by atoms with Crippen molar-refractivity contribution in [2.75, 3.05) is 74.4 Å². The number of hydrogen-bond acceptors (Lipinski definition) is 17. The number of rotatable bonds is 23. The molecule has 1 amide bonds. The third kappa shape index (κ3) is 38.1. The topological polar surface area (TPSA) is 206 Å². The number of aromatic nitrogens is 5. The minimum atomic E-state index is -4.45. The van der Waals surface area contributed by atoms with Crippen LogP contribution in [0.15, 0.2) is 164 Å². The molecule has 1 fully saturated rings. The molecule has 6 aromatic carbocycles. The number of nitrogens with one attached hydrogen (secondary N) is 1. The zero-order valence-corrected chi connectivity index (χ0v) is 74.6. The standard InChI is InChI=1S/C14H22O2.C13H18O2.C12H18O3.C11H13NO2.C11H16O2.C9H10F3N.C9H12.C8H9F3N2.C8H12N2O/c1-10(2)9-16-13-7-6-12(11(3)4)8-14(13)15-5;1-9(2)10-4-7-12(13(8-10)14-3)15-11-5-6-11;1-9(2)10-4-5-11(15-7-6-13)12(8-10)14-3;1-7(2)8-3-4-10-9(5-8)12-11(13)6-14-10;1-8(2)9-5-6-10(12-3)11(7-9)13-4;1-6(2)7-3-4-13-8(5-7)9(10,11)12;1-8(2)9-6-4-3-5-7-9;1-5(2)6-3-4-12-7(13-6)8(9,10)11;1-6(2)7-4-5-9-8(10-7)11-3/h6-8,10-11H,9H2,1-5H3;4,7-9,11H,5-6H2,1-3H3;4-5,8-9,13H,6-7H2,1-3H3;3-5,7H,6H2,1-2H3,(H,12,13);5-8H,1-4H3;3-6H,1-2H3;3-8H,1-2H3;3-5H,1-2H3;4-6H,1-3H3. The monoisotopic (exact) mass is 1660 g/mol. The van der Waals surface area contributed by atoms with Gasteiger partial charge in [0.25, 0.3) is 5.91 Å². The number of alkyl halides is 6. The number of aliphatic hydroxyl groups excluding tert-OH is 1. The highest BCUT2D eigenvalue weighted by Crippen LogP contribution is 2.38. The molecule has 4 heterocycles. The second-order valence-corrected chi connectivity index (χ2v) is 31.1. The Kier molecular flexibility index (Phi) is 45.4. The van der Waals surface area contributed by atoms with Crippen molar-refractivity contribution in [1.82, 2.24) is 24.9 Å². The molecule has 119 heavy (non-hydrogen) atoms. The molecule has 2 aliphatic rings. The van der Waals surface area contributed by atoms with Crippen LogP contribution in [-0.4, -0.2) is 111 Å². The number of hydrogen-bond donors (Lipinski definition) is 2. The lowest BCUT2D eigenvalue weighted by molar-refractivity contribution is -0.145. The van der Waals surface area contributed by atoms with E-state index in [1.54, 1.807) is 68.8 Å². The lowest BCUT2D eigenvalue weighted by Crippen LogP contribution is -2.25. The third-order valence-electron chi connectivity index (χ3n) is 17.8. The molecule has 9 aromatic rings. The number of halogens is 6. The van der Waals surface area contributed by atoms with E-state index in [1.807, 2.05) is 86.6 Å². The molecular weight excluding hydrogens is 1530 g/mol. The molecule has 24 heteroatoms. The number of carbonyl (C=O) groups is 1. The molecule has 0 spiro atoms. The molecule has 0 saturated heterocycles. The molecule has 0 unspecified atom stereocenters. The van der Waals surface area contributed by atoms with Crippen LogP contribution in [0.2, 0.25) is 0 Å². The smallest absolute Gasteiger partial charge is 0.451 e. The van der Waals surface area contributed by atoms with Gasteiger partial charge in [-0.05, 0) is 196 Å². The van der Waals surface area contributed by atoms with Crippen LogP contribution < -0.4 is 52.7 Å². The Labute approximate surface area is 703 Å². The van der Waals surface area contributed by atoms with E-state index >= 15 is 0 Å². The number of nitrogens with zero attached hydrogens (tertiary/aromatic N) is 5. The van der Waals surface area contributed by atoms with Crippen LogP contribution in [0.4, 0.5) is 32.0 Å². The van der Waals surface area contributed by atoms with Gasteiger partial charge < -0.3 is 57.8 Å². The Hall–Kier alpha value is -10.4. The summed E-state index contributed by atoms with van der Waals surface area (Å²) in [5.41, 5.74) is 9.68. The van der Waals surface area contributed by atoms with Gasteiger partial charge in [0.2, 0.25) is 5.82 Å². The Morgan fingerprint density at radius 3 is 1.23 bits per heavy atom. The maximum Gasteiger partial charge on any atom is 0.451 e. The van der Waals surface area contributed by atoms with Gasteiger partial charge in [-0.3, -0.25) is 9.78 Å². The Morgan fingerprint density at radius 1 is 0.412 bits per heavy atom. The molecule has 0 atom stereocenters. The summed E-state index contributed by atoms with van der Waals surface area (Å²) in [6, 6.07) is 47.2. The highest BCUT2D eigenvalue weighted by Gasteiger charge is 2.35. The van der Waals surface area contributed by atoms with Crippen molar-refractivity contribution in [3.8, 4) is 57.8 Å². The highest BCUT2D eigenvalue weighted by molar-refractivity contribution is 5.95. The maximum absolute atomic E-state index is 12.2. The number of aliphatic hydroxyl groups is 1. The van der Waals surface area contributed by atoms with E-state index in [0.29, 0.717) is 76.5 Å². The zero-order valence-electron chi connectivity index (χ0n) is 74.6.